The van der Waals surface area contributed by atoms with Crippen molar-refractivity contribution < 1.29 is 54.6 Å². The molecule has 2 rings (SSSR count). The van der Waals surface area contributed by atoms with E-state index in [1.54, 1.807) is 0 Å². The zero-order valence-corrected chi connectivity index (χ0v) is 16.6. The molecule has 0 atom stereocenters. The molecule has 0 saturated carbocycles. The Labute approximate surface area is 154 Å². The summed E-state index contributed by atoms with van der Waals surface area (Å²) in [4.78, 5) is 0. The number of hydrogen-bond acceptors (Lipinski definition) is 2. The van der Waals surface area contributed by atoms with Crippen molar-refractivity contribution in [2.45, 2.75) is 0 Å². The van der Waals surface area contributed by atoms with E-state index in [1.165, 1.54) is 0 Å². The van der Waals surface area contributed by atoms with E-state index in [0.29, 0.717) is 0 Å². The first-order chi connectivity index (χ1) is 8.27. The van der Waals surface area contributed by atoms with Gasteiger partial charge in [-0.05, 0) is 0 Å². The Morgan fingerprint density at radius 1 is 0.684 bits per heavy atom. The molecule has 2 nitrogen and oxygen atoms in total. The van der Waals surface area contributed by atoms with Crippen molar-refractivity contribution >= 4 is 31.9 Å². The van der Waals surface area contributed by atoms with Crippen LogP contribution in [0.3, 0.4) is 0 Å². The van der Waals surface area contributed by atoms with Gasteiger partial charge in [0, 0.05) is 0 Å². The van der Waals surface area contributed by atoms with Crippen LogP contribution in [0.4, 0.5) is 0 Å². The summed E-state index contributed by atoms with van der Waals surface area (Å²) in [7, 11) is 0. The molecule has 0 saturated heterocycles. The SMILES string of the molecule is Brc1ccccc1[O][Zr+2][O]c1ccccc1Br.[Cl-].[Cl-]. The summed E-state index contributed by atoms with van der Waals surface area (Å²) in [6.45, 7) is 0. The van der Waals surface area contributed by atoms with Crippen LogP contribution in [-0.2, 0) is 24.1 Å². The van der Waals surface area contributed by atoms with Crippen LogP contribution in [0.15, 0.2) is 57.5 Å². The van der Waals surface area contributed by atoms with Gasteiger partial charge in [-0.15, -0.1) is 0 Å². The molecule has 2 aromatic rings. The van der Waals surface area contributed by atoms with Crippen molar-refractivity contribution in [3.63, 3.8) is 0 Å². The standard InChI is InChI=1S/2C6H5BrO.2ClH.Zr/c2*7-5-3-1-2-4-6(5)8;;;/h2*1-4,8H;2*1H;/q;;;;+4/p-4. The Hall–Kier alpha value is 0.463. The smallest absolute Gasteiger partial charge is 1.00 e. The molecule has 0 bridgehead atoms. The first-order valence-electron chi connectivity index (χ1n) is 4.85. The maximum absolute atomic E-state index is 5.68. The Balaban J connectivity index is 0.00000162. The molecule has 0 fully saturated rings. The molecular formula is C12H8Br2Cl2O2Zr. The van der Waals surface area contributed by atoms with Gasteiger partial charge < -0.3 is 24.8 Å². The molecular weight excluding hydrogens is 498 g/mol. The molecule has 0 aliphatic heterocycles. The third kappa shape index (κ3) is 6.18. The molecule has 0 heterocycles. The van der Waals surface area contributed by atoms with Crippen molar-refractivity contribution in [1.82, 2.24) is 0 Å². The van der Waals surface area contributed by atoms with Gasteiger partial charge in [-0.3, -0.25) is 0 Å². The fourth-order valence-corrected chi connectivity index (χ4v) is 4.05. The van der Waals surface area contributed by atoms with Gasteiger partial charge in [-0.1, -0.05) is 0 Å². The van der Waals surface area contributed by atoms with Gasteiger partial charge in [0.1, 0.15) is 0 Å². The van der Waals surface area contributed by atoms with E-state index in [1.807, 2.05) is 48.5 Å². The van der Waals surface area contributed by atoms with Gasteiger partial charge >= 0.3 is 131 Å². The average Bonchev–Trinajstić information content (AvgIpc) is 2.34. The van der Waals surface area contributed by atoms with Crippen molar-refractivity contribution in [3.05, 3.63) is 57.5 Å². The van der Waals surface area contributed by atoms with Crippen LogP contribution in [0.25, 0.3) is 0 Å². The fraction of sp³-hybridized carbons (Fsp3) is 0. The van der Waals surface area contributed by atoms with Crippen LogP contribution in [0.1, 0.15) is 0 Å². The number of halogens is 4. The van der Waals surface area contributed by atoms with Crippen LogP contribution < -0.4 is 30.4 Å². The summed E-state index contributed by atoms with van der Waals surface area (Å²) in [6, 6.07) is 15.5. The number of rotatable bonds is 4. The molecule has 2 aromatic carbocycles. The second-order valence-corrected chi connectivity index (χ2v) is 6.27. The van der Waals surface area contributed by atoms with E-state index < -0.39 is 24.1 Å². The summed E-state index contributed by atoms with van der Waals surface area (Å²) in [5.74, 6) is 1.68. The Bertz CT molecular complexity index is 469. The fourth-order valence-electron chi connectivity index (χ4n) is 1.17. The Morgan fingerprint density at radius 2 is 1.05 bits per heavy atom. The molecule has 19 heavy (non-hydrogen) atoms. The van der Waals surface area contributed by atoms with E-state index in [2.05, 4.69) is 31.9 Å². The first-order valence-corrected chi connectivity index (χ1v) is 8.44. The molecule has 0 amide bonds. The van der Waals surface area contributed by atoms with Crippen molar-refractivity contribution in [2.24, 2.45) is 0 Å². The normalized spacial score (nSPS) is 8.53. The molecule has 100 valence electrons. The second-order valence-electron chi connectivity index (χ2n) is 3.15. The average molecular weight is 506 g/mol. The van der Waals surface area contributed by atoms with Gasteiger partial charge in [0.05, 0.1) is 0 Å². The van der Waals surface area contributed by atoms with Crippen LogP contribution in [0.2, 0.25) is 0 Å². The molecule has 7 heteroatoms. The summed E-state index contributed by atoms with van der Waals surface area (Å²) in [5, 5.41) is 0. The van der Waals surface area contributed by atoms with Gasteiger partial charge in [0.15, 0.2) is 0 Å². The topological polar surface area (TPSA) is 18.5 Å². The van der Waals surface area contributed by atoms with Crippen LogP contribution in [-0.4, -0.2) is 0 Å². The quantitative estimate of drug-likeness (QED) is 0.508. The minimum Gasteiger partial charge on any atom is -1.00 e. The summed E-state index contributed by atoms with van der Waals surface area (Å²) in [5.41, 5.74) is 0. The van der Waals surface area contributed by atoms with Crippen LogP contribution >= 0.6 is 31.9 Å². The monoisotopic (exact) mass is 502 g/mol. The van der Waals surface area contributed by atoms with Gasteiger partial charge in [-0.25, -0.2) is 0 Å². The molecule has 0 aliphatic rings. The third-order valence-electron chi connectivity index (χ3n) is 1.98. The van der Waals surface area contributed by atoms with Gasteiger partial charge in [0.25, 0.3) is 0 Å². The summed E-state index contributed by atoms with van der Waals surface area (Å²) >= 11 is 5.50. The maximum Gasteiger partial charge on any atom is -1.00 e. The van der Waals surface area contributed by atoms with Crippen LogP contribution in [0, 0.1) is 0 Å². The predicted octanol–water partition coefficient (Wildman–Crippen LogP) is -1.41. The molecule has 0 aromatic heterocycles. The molecule has 0 unspecified atom stereocenters. The van der Waals surface area contributed by atoms with E-state index in [-0.39, 0.29) is 24.8 Å². The number of benzene rings is 2. The maximum atomic E-state index is 5.68. The number of hydrogen-bond donors (Lipinski definition) is 0. The van der Waals surface area contributed by atoms with Gasteiger partial charge in [-0.2, -0.15) is 0 Å². The minimum atomic E-state index is -1.37. The van der Waals surface area contributed by atoms with Gasteiger partial charge in [0.2, 0.25) is 0 Å². The molecule has 0 N–H and O–H groups in total. The summed E-state index contributed by atoms with van der Waals surface area (Å²) in [6.07, 6.45) is 0. The third-order valence-corrected chi connectivity index (χ3v) is 4.78. The Kier molecular flexibility index (Phi) is 10.5. The Morgan fingerprint density at radius 3 is 1.42 bits per heavy atom. The largest absolute Gasteiger partial charge is 1.00 e. The van der Waals surface area contributed by atoms with Crippen molar-refractivity contribution in [1.29, 1.82) is 0 Å². The van der Waals surface area contributed by atoms with E-state index in [0.717, 1.165) is 20.4 Å². The number of para-hydroxylation sites is 2. The zero-order valence-electron chi connectivity index (χ0n) is 9.45. The van der Waals surface area contributed by atoms with E-state index >= 15 is 0 Å². The van der Waals surface area contributed by atoms with Crippen LogP contribution in [0.5, 0.6) is 11.5 Å². The van der Waals surface area contributed by atoms with Crippen molar-refractivity contribution in [3.8, 4) is 11.5 Å². The van der Waals surface area contributed by atoms with E-state index in [4.69, 9.17) is 5.63 Å². The predicted molar refractivity (Wildman–Crippen MR) is 69.5 cm³/mol. The second kappa shape index (κ2) is 10.2. The summed E-state index contributed by atoms with van der Waals surface area (Å²) < 4.78 is 13.3. The minimum absolute atomic E-state index is 0. The molecule has 0 aliphatic carbocycles. The van der Waals surface area contributed by atoms with Crippen molar-refractivity contribution in [2.75, 3.05) is 0 Å². The molecule has 0 spiro atoms. The first kappa shape index (κ1) is 19.5. The van der Waals surface area contributed by atoms with E-state index in [9.17, 15) is 0 Å². The molecule has 0 radical (unpaired) electrons. The zero-order chi connectivity index (χ0) is 12.1.